The molecule has 0 aliphatic carbocycles. The molecule has 0 radical (unpaired) electrons. The minimum atomic E-state index is -1.39. The first-order valence-electron chi connectivity index (χ1n) is 11.3. The number of fused-ring (bicyclic) bond motifs is 1. The molecule has 1 N–H and O–H groups in total. The topological polar surface area (TPSA) is 98.1 Å². The highest BCUT2D eigenvalue weighted by Gasteiger charge is 2.60. The number of para-hydroxylation sites is 1. The molecule has 36 heavy (non-hydrogen) atoms. The van der Waals surface area contributed by atoms with E-state index in [0.29, 0.717) is 33.7 Å². The highest BCUT2D eigenvalue weighted by molar-refractivity contribution is 6.12. The van der Waals surface area contributed by atoms with Crippen molar-refractivity contribution in [2.75, 3.05) is 19.1 Å². The van der Waals surface area contributed by atoms with Gasteiger partial charge < -0.3 is 19.2 Å². The van der Waals surface area contributed by atoms with Gasteiger partial charge in [0.2, 0.25) is 0 Å². The third-order valence-electron chi connectivity index (χ3n) is 6.55. The quantitative estimate of drug-likeness (QED) is 0.414. The molecule has 8 heteroatoms. The lowest BCUT2D eigenvalue weighted by molar-refractivity contribution is -0.133. The molecule has 2 atom stereocenters. The number of nitrogens with one attached hydrogen (secondary N) is 1. The highest BCUT2D eigenvalue weighted by atomic mass is 16.5. The van der Waals surface area contributed by atoms with Crippen LogP contribution in [0.2, 0.25) is 0 Å². The second-order valence-corrected chi connectivity index (χ2v) is 8.68. The van der Waals surface area contributed by atoms with Crippen LogP contribution in [0, 0.1) is 0 Å². The molecule has 182 valence electrons. The molecule has 1 saturated heterocycles. The first-order valence-corrected chi connectivity index (χ1v) is 11.3. The van der Waals surface area contributed by atoms with E-state index in [0.717, 1.165) is 0 Å². The molecular weight excluding hydrogens is 460 g/mol. The van der Waals surface area contributed by atoms with Gasteiger partial charge in [0, 0.05) is 11.3 Å². The van der Waals surface area contributed by atoms with Gasteiger partial charge in [0.1, 0.15) is 34.9 Å². The van der Waals surface area contributed by atoms with Gasteiger partial charge in [0.15, 0.2) is 5.43 Å². The smallest absolute Gasteiger partial charge is 0.255 e. The van der Waals surface area contributed by atoms with Crippen LogP contribution < -0.4 is 25.1 Å². The monoisotopic (exact) mass is 484 g/mol. The Morgan fingerprint density at radius 3 is 2.17 bits per heavy atom. The molecule has 8 nitrogen and oxygen atoms in total. The molecule has 2 heterocycles. The van der Waals surface area contributed by atoms with Crippen molar-refractivity contribution in [3.8, 4) is 11.5 Å². The maximum atomic E-state index is 13.6. The zero-order valence-electron chi connectivity index (χ0n) is 20.0. The number of hydrogen-bond acceptors (Lipinski definition) is 6. The molecule has 2 amide bonds. The van der Waals surface area contributed by atoms with Gasteiger partial charge in [-0.05, 0) is 67.6 Å². The van der Waals surface area contributed by atoms with Gasteiger partial charge in [0.05, 0.1) is 25.2 Å². The number of ether oxygens (including phenoxy) is 2. The average molecular weight is 485 g/mol. The molecule has 1 aliphatic heterocycles. The number of rotatable bonds is 6. The van der Waals surface area contributed by atoms with Gasteiger partial charge in [0.25, 0.3) is 11.8 Å². The van der Waals surface area contributed by atoms with Gasteiger partial charge in [-0.1, -0.05) is 12.1 Å². The number of anilines is 1. The number of carbonyl (C=O) groups is 2. The van der Waals surface area contributed by atoms with E-state index in [4.69, 9.17) is 13.9 Å². The van der Waals surface area contributed by atoms with E-state index in [1.165, 1.54) is 18.3 Å². The van der Waals surface area contributed by atoms with Crippen molar-refractivity contribution in [1.82, 2.24) is 5.32 Å². The molecule has 1 fully saturated rings. The van der Waals surface area contributed by atoms with Gasteiger partial charge in [-0.25, -0.2) is 0 Å². The van der Waals surface area contributed by atoms with Crippen molar-refractivity contribution in [2.24, 2.45) is 0 Å². The summed E-state index contributed by atoms with van der Waals surface area (Å²) >= 11 is 0. The van der Waals surface area contributed by atoms with Crippen molar-refractivity contribution in [1.29, 1.82) is 0 Å². The number of benzene rings is 3. The van der Waals surface area contributed by atoms with E-state index in [9.17, 15) is 14.4 Å². The van der Waals surface area contributed by atoms with Crippen molar-refractivity contribution >= 4 is 28.5 Å². The SMILES string of the molecule is COc1ccc(C(=O)NC2(C)C(=O)N(c3ccc(OC)cc3)C2c2coc3ccccc3c2=O)cc1. The Balaban J connectivity index is 1.58. The number of nitrogens with zero attached hydrogens (tertiary/aromatic N) is 1. The maximum absolute atomic E-state index is 13.6. The van der Waals surface area contributed by atoms with Gasteiger partial charge in [-0.3, -0.25) is 19.3 Å². The fraction of sp³-hybridized carbons (Fsp3) is 0.179. The summed E-state index contributed by atoms with van der Waals surface area (Å²) in [6.07, 6.45) is 1.37. The van der Waals surface area contributed by atoms with Crippen LogP contribution in [0.25, 0.3) is 11.0 Å². The number of β-lactam (4-membered cyclic amide) rings is 1. The van der Waals surface area contributed by atoms with E-state index in [2.05, 4.69) is 5.32 Å². The lowest BCUT2D eigenvalue weighted by atomic mass is 9.75. The summed E-state index contributed by atoms with van der Waals surface area (Å²) in [5.74, 6) is 0.434. The van der Waals surface area contributed by atoms with Crippen LogP contribution in [-0.2, 0) is 4.79 Å². The summed E-state index contributed by atoms with van der Waals surface area (Å²) in [7, 11) is 3.09. The van der Waals surface area contributed by atoms with Crippen molar-refractivity contribution in [3.63, 3.8) is 0 Å². The lowest BCUT2D eigenvalue weighted by Crippen LogP contribution is -2.75. The first-order chi connectivity index (χ1) is 17.4. The summed E-state index contributed by atoms with van der Waals surface area (Å²) in [4.78, 5) is 41.8. The van der Waals surface area contributed by atoms with Crippen LogP contribution in [0.5, 0.6) is 11.5 Å². The second-order valence-electron chi connectivity index (χ2n) is 8.68. The number of methoxy groups -OCH3 is 2. The largest absolute Gasteiger partial charge is 0.497 e. The Morgan fingerprint density at radius 2 is 1.53 bits per heavy atom. The van der Waals surface area contributed by atoms with Gasteiger partial charge >= 0.3 is 0 Å². The van der Waals surface area contributed by atoms with Crippen LogP contribution in [0.1, 0.15) is 28.9 Å². The van der Waals surface area contributed by atoms with Crippen LogP contribution in [0.4, 0.5) is 5.69 Å². The number of hydrogen-bond donors (Lipinski definition) is 1. The van der Waals surface area contributed by atoms with Gasteiger partial charge in [-0.2, -0.15) is 0 Å². The molecule has 0 bridgehead atoms. The van der Waals surface area contributed by atoms with E-state index in [1.54, 1.807) is 86.8 Å². The summed E-state index contributed by atoms with van der Waals surface area (Å²) in [5, 5.41) is 3.26. The van der Waals surface area contributed by atoms with E-state index >= 15 is 0 Å². The minimum absolute atomic E-state index is 0.265. The van der Waals surface area contributed by atoms with Crippen LogP contribution >= 0.6 is 0 Å². The normalized spacial score (nSPS) is 19.0. The molecular formula is C28H24N2O6. The number of amides is 2. The lowest BCUT2D eigenvalue weighted by Gasteiger charge is -2.54. The fourth-order valence-corrected chi connectivity index (χ4v) is 4.59. The third-order valence-corrected chi connectivity index (χ3v) is 6.55. The standard InChI is InChI=1S/C28H24N2O6/c1-28(29-26(32)17-8-12-19(34-2)13-9-17)25(22-16-36-23-7-5-4-6-21(23)24(22)31)30(27(28)33)18-10-14-20(35-3)15-11-18/h4-16,25H,1-3H3,(H,29,32). The predicted octanol–water partition coefficient (Wildman–Crippen LogP) is 4.09. The summed E-state index contributed by atoms with van der Waals surface area (Å²) in [6.45, 7) is 1.62. The molecule has 3 aromatic carbocycles. The Labute approximate surface area is 207 Å². The molecule has 0 saturated carbocycles. The average Bonchev–Trinajstić information content (AvgIpc) is 2.92. The van der Waals surface area contributed by atoms with E-state index in [1.807, 2.05) is 0 Å². The second kappa shape index (κ2) is 8.88. The zero-order chi connectivity index (χ0) is 25.4. The molecule has 1 aliphatic rings. The molecule has 5 rings (SSSR count). The Bertz CT molecular complexity index is 1510. The summed E-state index contributed by atoms with van der Waals surface area (Å²) in [5.41, 5.74) is -0.0310. The molecule has 4 aromatic rings. The van der Waals surface area contributed by atoms with Crippen molar-refractivity contribution in [3.05, 3.63) is 100 Å². The summed E-state index contributed by atoms with van der Waals surface area (Å²) in [6, 6.07) is 19.6. The molecule has 0 spiro atoms. The van der Waals surface area contributed by atoms with E-state index < -0.39 is 17.5 Å². The van der Waals surface area contributed by atoms with Crippen molar-refractivity contribution < 1.29 is 23.5 Å². The van der Waals surface area contributed by atoms with Crippen LogP contribution in [0.3, 0.4) is 0 Å². The fourth-order valence-electron chi connectivity index (χ4n) is 4.59. The predicted molar refractivity (Wildman–Crippen MR) is 135 cm³/mol. The first kappa shape index (κ1) is 23.2. The van der Waals surface area contributed by atoms with Crippen LogP contribution in [0.15, 0.2) is 88.3 Å². The highest BCUT2D eigenvalue weighted by Crippen LogP contribution is 2.46. The maximum Gasteiger partial charge on any atom is 0.255 e. The Hall–Kier alpha value is -4.59. The summed E-state index contributed by atoms with van der Waals surface area (Å²) < 4.78 is 16.1. The minimum Gasteiger partial charge on any atom is -0.497 e. The molecule has 1 aromatic heterocycles. The molecule has 2 unspecified atom stereocenters. The Morgan fingerprint density at radius 1 is 0.917 bits per heavy atom. The number of carbonyl (C=O) groups excluding carboxylic acids is 2. The Kier molecular flexibility index (Phi) is 5.72. The van der Waals surface area contributed by atoms with E-state index in [-0.39, 0.29) is 16.9 Å². The van der Waals surface area contributed by atoms with Gasteiger partial charge in [-0.15, -0.1) is 0 Å². The van der Waals surface area contributed by atoms with Crippen LogP contribution in [-0.4, -0.2) is 31.6 Å². The third kappa shape index (κ3) is 3.67. The van der Waals surface area contributed by atoms with Crippen molar-refractivity contribution in [2.45, 2.75) is 18.5 Å². The zero-order valence-corrected chi connectivity index (χ0v) is 20.0.